The van der Waals surface area contributed by atoms with E-state index in [0.29, 0.717) is 22.3 Å². The molecule has 0 heterocycles. The predicted molar refractivity (Wildman–Crippen MR) is 77.6 cm³/mol. The van der Waals surface area contributed by atoms with Crippen LogP contribution in [0.2, 0.25) is 0 Å². The molecule has 0 bridgehead atoms. The van der Waals surface area contributed by atoms with E-state index in [2.05, 4.69) is 21.2 Å². The third kappa shape index (κ3) is 3.77. The van der Waals surface area contributed by atoms with Crippen molar-refractivity contribution in [1.29, 1.82) is 0 Å². The molecule has 0 aliphatic rings. The van der Waals surface area contributed by atoms with Gasteiger partial charge in [0.25, 0.3) is 0 Å². The van der Waals surface area contributed by atoms with Crippen molar-refractivity contribution in [3.63, 3.8) is 0 Å². The first kappa shape index (κ1) is 14.9. The smallest absolute Gasteiger partial charge is 0.141 e. The van der Waals surface area contributed by atoms with Gasteiger partial charge in [-0.15, -0.1) is 0 Å². The molecule has 0 fully saturated rings. The fraction of sp³-hybridized carbons (Fsp3) is 0.200. The molecule has 0 spiro atoms. The van der Waals surface area contributed by atoms with Crippen LogP contribution in [0.25, 0.3) is 0 Å². The second-order valence-electron chi connectivity index (χ2n) is 4.32. The van der Waals surface area contributed by atoms with Gasteiger partial charge in [-0.2, -0.15) is 0 Å². The molecule has 0 amide bonds. The summed E-state index contributed by atoms with van der Waals surface area (Å²) in [6.07, 6.45) is 0. The number of nitrogens with one attached hydrogen (secondary N) is 1. The van der Waals surface area contributed by atoms with Gasteiger partial charge in [0.2, 0.25) is 0 Å². The minimum Gasteiger partial charge on any atom is -0.489 e. The van der Waals surface area contributed by atoms with Crippen molar-refractivity contribution in [2.45, 2.75) is 13.2 Å². The maximum absolute atomic E-state index is 13.7. The number of benzene rings is 2. The molecule has 0 atom stereocenters. The van der Waals surface area contributed by atoms with Crippen molar-refractivity contribution >= 4 is 15.9 Å². The fourth-order valence-corrected chi connectivity index (χ4v) is 2.03. The van der Waals surface area contributed by atoms with Crippen LogP contribution in [0.1, 0.15) is 11.1 Å². The van der Waals surface area contributed by atoms with Crippen molar-refractivity contribution in [2.24, 2.45) is 0 Å². The van der Waals surface area contributed by atoms with Crippen molar-refractivity contribution in [3.05, 3.63) is 63.6 Å². The van der Waals surface area contributed by atoms with Crippen molar-refractivity contribution < 1.29 is 13.5 Å². The van der Waals surface area contributed by atoms with E-state index in [1.54, 1.807) is 24.3 Å². The Morgan fingerprint density at radius 2 is 1.90 bits per heavy atom. The Labute approximate surface area is 124 Å². The van der Waals surface area contributed by atoms with Crippen LogP contribution in [0.3, 0.4) is 0 Å². The topological polar surface area (TPSA) is 21.3 Å². The Kier molecular flexibility index (Phi) is 5.09. The van der Waals surface area contributed by atoms with Gasteiger partial charge in [0.05, 0.1) is 4.47 Å². The molecule has 5 heteroatoms. The molecular weight excluding hydrogens is 328 g/mol. The molecule has 0 radical (unpaired) electrons. The Hall–Kier alpha value is -1.46. The minimum absolute atomic E-state index is 0.0600. The van der Waals surface area contributed by atoms with Crippen LogP contribution < -0.4 is 10.1 Å². The lowest BCUT2D eigenvalue weighted by atomic mass is 10.1. The standard InChI is InChI=1S/C15H14BrF2NO/c1-19-8-10-2-5-14(17)11(6-10)9-20-12-3-4-13(16)15(18)7-12/h2-7,19H,8-9H2,1H3. The van der Waals surface area contributed by atoms with Crippen LogP contribution in [-0.4, -0.2) is 7.05 Å². The SMILES string of the molecule is CNCc1ccc(F)c(COc2ccc(Br)c(F)c2)c1. The average Bonchev–Trinajstić information content (AvgIpc) is 2.43. The summed E-state index contributed by atoms with van der Waals surface area (Å²) in [4.78, 5) is 0. The normalized spacial score (nSPS) is 10.6. The van der Waals surface area contributed by atoms with E-state index >= 15 is 0 Å². The third-order valence-electron chi connectivity index (χ3n) is 2.78. The number of ether oxygens (including phenoxy) is 1. The summed E-state index contributed by atoms with van der Waals surface area (Å²) in [5, 5.41) is 3.00. The van der Waals surface area contributed by atoms with Gasteiger partial charge in [0.1, 0.15) is 24.0 Å². The molecule has 2 aromatic carbocycles. The Balaban J connectivity index is 2.09. The van der Waals surface area contributed by atoms with Crippen molar-refractivity contribution in [3.8, 4) is 5.75 Å². The van der Waals surface area contributed by atoms with Gasteiger partial charge < -0.3 is 10.1 Å². The van der Waals surface area contributed by atoms with E-state index in [1.165, 1.54) is 12.1 Å². The fourth-order valence-electron chi connectivity index (χ4n) is 1.78. The summed E-state index contributed by atoms with van der Waals surface area (Å²) in [7, 11) is 1.82. The highest BCUT2D eigenvalue weighted by Crippen LogP contribution is 2.22. The molecule has 0 aromatic heterocycles. The summed E-state index contributed by atoms with van der Waals surface area (Å²) in [5.41, 5.74) is 1.41. The van der Waals surface area contributed by atoms with Gasteiger partial charge in [0, 0.05) is 18.2 Å². The lowest BCUT2D eigenvalue weighted by molar-refractivity contribution is 0.298. The van der Waals surface area contributed by atoms with Gasteiger partial charge in [-0.25, -0.2) is 8.78 Å². The highest BCUT2D eigenvalue weighted by atomic mass is 79.9. The summed E-state index contributed by atoms with van der Waals surface area (Å²) >= 11 is 3.07. The largest absolute Gasteiger partial charge is 0.489 e. The summed E-state index contributed by atoms with van der Waals surface area (Å²) in [6.45, 7) is 0.713. The molecule has 0 saturated carbocycles. The highest BCUT2D eigenvalue weighted by molar-refractivity contribution is 9.10. The Morgan fingerprint density at radius 1 is 1.10 bits per heavy atom. The number of rotatable bonds is 5. The van der Waals surface area contributed by atoms with Crippen LogP contribution in [0.15, 0.2) is 40.9 Å². The van der Waals surface area contributed by atoms with Crippen LogP contribution in [0.4, 0.5) is 8.78 Å². The lowest BCUT2D eigenvalue weighted by Crippen LogP contribution is -2.07. The van der Waals surface area contributed by atoms with E-state index < -0.39 is 5.82 Å². The second kappa shape index (κ2) is 6.81. The second-order valence-corrected chi connectivity index (χ2v) is 5.18. The molecule has 0 aliphatic carbocycles. The van der Waals surface area contributed by atoms with Gasteiger partial charge in [-0.05, 0) is 52.8 Å². The zero-order valence-corrected chi connectivity index (χ0v) is 12.5. The predicted octanol–water partition coefficient (Wildman–Crippen LogP) is 4.03. The van der Waals surface area contributed by atoms with E-state index in [4.69, 9.17) is 4.74 Å². The molecule has 0 aliphatic heterocycles. The Bertz CT molecular complexity index is 604. The van der Waals surface area contributed by atoms with Crippen LogP contribution in [0.5, 0.6) is 5.75 Å². The third-order valence-corrected chi connectivity index (χ3v) is 3.42. The Morgan fingerprint density at radius 3 is 2.60 bits per heavy atom. The zero-order valence-electron chi connectivity index (χ0n) is 10.9. The molecule has 20 heavy (non-hydrogen) atoms. The van der Waals surface area contributed by atoms with Gasteiger partial charge in [0.15, 0.2) is 0 Å². The number of halogens is 3. The van der Waals surface area contributed by atoms with E-state index in [9.17, 15) is 8.78 Å². The maximum Gasteiger partial charge on any atom is 0.141 e. The van der Waals surface area contributed by atoms with Crippen LogP contribution in [0, 0.1) is 11.6 Å². The number of hydrogen-bond donors (Lipinski definition) is 1. The van der Waals surface area contributed by atoms with Crippen molar-refractivity contribution in [1.82, 2.24) is 5.32 Å². The monoisotopic (exact) mass is 341 g/mol. The summed E-state index contributed by atoms with van der Waals surface area (Å²) in [5.74, 6) is -0.376. The van der Waals surface area contributed by atoms with E-state index in [-0.39, 0.29) is 12.4 Å². The molecular formula is C15H14BrF2NO. The lowest BCUT2D eigenvalue weighted by Gasteiger charge is -2.09. The minimum atomic E-state index is -0.410. The molecule has 2 nitrogen and oxygen atoms in total. The quantitative estimate of drug-likeness (QED) is 0.886. The van der Waals surface area contributed by atoms with Crippen molar-refractivity contribution in [2.75, 3.05) is 7.05 Å². The van der Waals surface area contributed by atoms with Gasteiger partial charge >= 0.3 is 0 Å². The van der Waals surface area contributed by atoms with Gasteiger partial charge in [-0.3, -0.25) is 0 Å². The van der Waals surface area contributed by atoms with E-state index in [1.807, 2.05) is 7.05 Å². The molecule has 2 aromatic rings. The van der Waals surface area contributed by atoms with E-state index in [0.717, 1.165) is 5.56 Å². The molecule has 2 rings (SSSR count). The maximum atomic E-state index is 13.7. The van der Waals surface area contributed by atoms with Crippen LogP contribution >= 0.6 is 15.9 Å². The first-order chi connectivity index (χ1) is 9.60. The highest BCUT2D eigenvalue weighted by Gasteiger charge is 2.06. The molecule has 0 saturated heterocycles. The first-order valence-electron chi connectivity index (χ1n) is 6.10. The molecule has 106 valence electrons. The summed E-state index contributed by atoms with van der Waals surface area (Å²) < 4.78 is 32.8. The molecule has 0 unspecified atom stereocenters. The zero-order chi connectivity index (χ0) is 14.5. The van der Waals surface area contributed by atoms with Crippen LogP contribution in [-0.2, 0) is 13.2 Å². The number of hydrogen-bond acceptors (Lipinski definition) is 2. The first-order valence-corrected chi connectivity index (χ1v) is 6.89. The molecule has 1 N–H and O–H groups in total. The van der Waals surface area contributed by atoms with Gasteiger partial charge in [-0.1, -0.05) is 6.07 Å². The average molecular weight is 342 g/mol. The summed E-state index contributed by atoms with van der Waals surface area (Å²) in [6, 6.07) is 9.31.